The number of thiophene rings is 1. The topological polar surface area (TPSA) is 96.1 Å². The smallest absolute Gasteiger partial charge is 0.276 e. The monoisotopic (exact) mass is 356 g/mol. The molecule has 2 aromatic heterocycles. The Labute approximate surface area is 148 Å². The number of benzene rings is 1. The van der Waals surface area contributed by atoms with E-state index in [0.717, 1.165) is 10.6 Å². The molecule has 3 aromatic rings. The molecule has 0 unspecified atom stereocenters. The number of hydrogen-bond acceptors (Lipinski definition) is 5. The van der Waals surface area contributed by atoms with Crippen LogP contribution in [0.5, 0.6) is 5.75 Å². The largest absolute Gasteiger partial charge is 0.495 e. The van der Waals surface area contributed by atoms with Gasteiger partial charge in [-0.2, -0.15) is 5.10 Å². The van der Waals surface area contributed by atoms with Crippen molar-refractivity contribution in [1.82, 2.24) is 10.2 Å². The number of nitrogens with zero attached hydrogens (tertiary/aromatic N) is 1. The predicted molar refractivity (Wildman–Crippen MR) is 97.2 cm³/mol. The van der Waals surface area contributed by atoms with E-state index in [1.165, 1.54) is 14.0 Å². The number of rotatable bonds is 5. The average Bonchev–Trinajstić information content (AvgIpc) is 3.26. The van der Waals surface area contributed by atoms with Crippen LogP contribution in [0, 0.1) is 0 Å². The standard InChI is InChI=1S/C17H16N4O3S/c1-10(22)18-12-8-11(5-6-15(12)24-2)19-17(23)14-9-13(20-21-14)16-4-3-7-25-16/h3-9H,1-2H3,(H,18,22)(H,19,23)(H,20,21). The molecule has 0 bridgehead atoms. The summed E-state index contributed by atoms with van der Waals surface area (Å²) >= 11 is 1.56. The number of anilines is 2. The minimum absolute atomic E-state index is 0.227. The van der Waals surface area contributed by atoms with Gasteiger partial charge in [0.1, 0.15) is 5.75 Å². The number of nitrogens with one attached hydrogen (secondary N) is 3. The Hall–Kier alpha value is -3.13. The summed E-state index contributed by atoms with van der Waals surface area (Å²) in [7, 11) is 1.51. The lowest BCUT2D eigenvalue weighted by molar-refractivity contribution is -0.114. The number of aromatic nitrogens is 2. The van der Waals surface area contributed by atoms with Gasteiger partial charge in [-0.3, -0.25) is 14.7 Å². The lowest BCUT2D eigenvalue weighted by Crippen LogP contribution is -2.13. The zero-order valence-electron chi connectivity index (χ0n) is 13.6. The highest BCUT2D eigenvalue weighted by Crippen LogP contribution is 2.28. The van der Waals surface area contributed by atoms with Crippen molar-refractivity contribution in [3.05, 3.63) is 47.5 Å². The van der Waals surface area contributed by atoms with Gasteiger partial charge in [0.15, 0.2) is 5.69 Å². The first-order chi connectivity index (χ1) is 12.1. The van der Waals surface area contributed by atoms with Crippen molar-refractivity contribution in [3.8, 4) is 16.3 Å². The summed E-state index contributed by atoms with van der Waals surface area (Å²) in [5.41, 5.74) is 2.07. The van der Waals surface area contributed by atoms with Gasteiger partial charge in [-0.15, -0.1) is 11.3 Å². The molecular formula is C17H16N4O3S. The molecule has 0 aliphatic rings. The van der Waals surface area contributed by atoms with Crippen molar-refractivity contribution in [2.24, 2.45) is 0 Å². The third-order valence-electron chi connectivity index (χ3n) is 3.37. The van der Waals surface area contributed by atoms with Crippen LogP contribution in [0.3, 0.4) is 0 Å². The maximum Gasteiger partial charge on any atom is 0.276 e. The molecule has 128 valence electrons. The highest BCUT2D eigenvalue weighted by atomic mass is 32.1. The summed E-state index contributed by atoms with van der Waals surface area (Å²) in [6.45, 7) is 1.40. The Kier molecular flexibility index (Phi) is 4.80. The number of H-pyrrole nitrogens is 1. The van der Waals surface area contributed by atoms with Gasteiger partial charge in [-0.05, 0) is 35.7 Å². The van der Waals surface area contributed by atoms with Crippen molar-refractivity contribution in [1.29, 1.82) is 0 Å². The van der Waals surface area contributed by atoms with E-state index in [4.69, 9.17) is 4.74 Å². The fraction of sp³-hybridized carbons (Fsp3) is 0.118. The number of carbonyl (C=O) groups is 2. The number of hydrogen-bond donors (Lipinski definition) is 3. The SMILES string of the molecule is COc1ccc(NC(=O)c2cc(-c3cccs3)[nH]n2)cc1NC(C)=O. The van der Waals surface area contributed by atoms with Crippen LogP contribution < -0.4 is 15.4 Å². The average molecular weight is 356 g/mol. The second kappa shape index (κ2) is 7.18. The fourth-order valence-corrected chi connectivity index (χ4v) is 2.96. The van der Waals surface area contributed by atoms with Crippen LogP contribution in [-0.2, 0) is 4.79 Å². The van der Waals surface area contributed by atoms with E-state index in [-0.39, 0.29) is 17.5 Å². The van der Waals surface area contributed by atoms with E-state index < -0.39 is 0 Å². The van der Waals surface area contributed by atoms with Crippen molar-refractivity contribution < 1.29 is 14.3 Å². The minimum Gasteiger partial charge on any atom is -0.495 e. The van der Waals surface area contributed by atoms with E-state index in [0.29, 0.717) is 17.1 Å². The highest BCUT2D eigenvalue weighted by molar-refractivity contribution is 7.13. The van der Waals surface area contributed by atoms with E-state index >= 15 is 0 Å². The summed E-state index contributed by atoms with van der Waals surface area (Å²) in [5, 5.41) is 14.3. The quantitative estimate of drug-likeness (QED) is 0.653. The molecule has 0 spiro atoms. The molecule has 0 aliphatic heterocycles. The van der Waals surface area contributed by atoms with Crippen LogP contribution in [-0.4, -0.2) is 29.1 Å². The van der Waals surface area contributed by atoms with Crippen molar-refractivity contribution in [2.75, 3.05) is 17.7 Å². The number of amides is 2. The molecule has 8 heteroatoms. The van der Waals surface area contributed by atoms with Gasteiger partial charge in [0.05, 0.1) is 23.4 Å². The van der Waals surface area contributed by atoms with Crippen LogP contribution in [0.4, 0.5) is 11.4 Å². The molecule has 3 N–H and O–H groups in total. The summed E-state index contributed by atoms with van der Waals surface area (Å²) < 4.78 is 5.19. The molecule has 25 heavy (non-hydrogen) atoms. The van der Waals surface area contributed by atoms with Crippen molar-refractivity contribution in [2.45, 2.75) is 6.92 Å². The van der Waals surface area contributed by atoms with Gasteiger partial charge in [-0.1, -0.05) is 6.07 Å². The zero-order chi connectivity index (χ0) is 17.8. The number of carbonyl (C=O) groups excluding carboxylic acids is 2. The first kappa shape index (κ1) is 16.7. The summed E-state index contributed by atoms with van der Waals surface area (Å²) in [6.07, 6.45) is 0. The Morgan fingerprint density at radius 1 is 1.20 bits per heavy atom. The highest BCUT2D eigenvalue weighted by Gasteiger charge is 2.13. The van der Waals surface area contributed by atoms with Gasteiger partial charge in [0.2, 0.25) is 5.91 Å². The molecular weight excluding hydrogens is 340 g/mol. The third kappa shape index (κ3) is 3.86. The van der Waals surface area contributed by atoms with Crippen LogP contribution >= 0.6 is 11.3 Å². The van der Waals surface area contributed by atoms with Gasteiger partial charge >= 0.3 is 0 Å². The molecule has 2 amide bonds. The summed E-state index contributed by atoms with van der Waals surface area (Å²) in [4.78, 5) is 24.7. The predicted octanol–water partition coefficient (Wildman–Crippen LogP) is 3.36. The molecule has 7 nitrogen and oxygen atoms in total. The molecule has 0 saturated carbocycles. The molecule has 0 radical (unpaired) electrons. The molecule has 0 atom stereocenters. The van der Waals surface area contributed by atoms with Gasteiger partial charge < -0.3 is 15.4 Å². The number of ether oxygens (including phenoxy) is 1. The minimum atomic E-state index is -0.349. The fourth-order valence-electron chi connectivity index (χ4n) is 2.26. The molecule has 3 rings (SSSR count). The van der Waals surface area contributed by atoms with Crippen LogP contribution in [0.2, 0.25) is 0 Å². The van der Waals surface area contributed by atoms with Crippen LogP contribution in [0.25, 0.3) is 10.6 Å². The Morgan fingerprint density at radius 3 is 2.72 bits per heavy atom. The van der Waals surface area contributed by atoms with Crippen molar-refractivity contribution in [3.63, 3.8) is 0 Å². The Bertz CT molecular complexity index is 903. The van der Waals surface area contributed by atoms with Gasteiger partial charge in [-0.25, -0.2) is 0 Å². The molecule has 0 fully saturated rings. The second-order valence-electron chi connectivity index (χ2n) is 5.19. The maximum absolute atomic E-state index is 12.4. The number of aromatic amines is 1. The normalized spacial score (nSPS) is 10.3. The zero-order valence-corrected chi connectivity index (χ0v) is 14.4. The van der Waals surface area contributed by atoms with E-state index in [1.54, 1.807) is 35.6 Å². The number of methoxy groups -OCH3 is 1. The van der Waals surface area contributed by atoms with Crippen LogP contribution in [0.1, 0.15) is 17.4 Å². The van der Waals surface area contributed by atoms with Gasteiger partial charge in [0, 0.05) is 12.6 Å². The lowest BCUT2D eigenvalue weighted by Gasteiger charge is -2.11. The Morgan fingerprint density at radius 2 is 2.04 bits per heavy atom. The van der Waals surface area contributed by atoms with E-state index in [1.807, 2.05) is 17.5 Å². The van der Waals surface area contributed by atoms with Crippen molar-refractivity contribution >= 4 is 34.5 Å². The summed E-state index contributed by atoms with van der Waals surface area (Å²) in [6, 6.07) is 10.6. The van der Waals surface area contributed by atoms with Gasteiger partial charge in [0.25, 0.3) is 5.91 Å². The first-order valence-electron chi connectivity index (χ1n) is 7.43. The van der Waals surface area contributed by atoms with E-state index in [9.17, 15) is 9.59 Å². The summed E-state index contributed by atoms with van der Waals surface area (Å²) in [5.74, 6) is -0.0689. The van der Waals surface area contributed by atoms with E-state index in [2.05, 4.69) is 20.8 Å². The molecule has 1 aromatic carbocycles. The van der Waals surface area contributed by atoms with Crippen LogP contribution in [0.15, 0.2) is 41.8 Å². The Balaban J connectivity index is 1.77. The molecule has 2 heterocycles. The maximum atomic E-state index is 12.4. The third-order valence-corrected chi connectivity index (χ3v) is 4.27. The second-order valence-corrected chi connectivity index (χ2v) is 6.14. The first-order valence-corrected chi connectivity index (χ1v) is 8.31. The molecule has 0 aliphatic carbocycles. The lowest BCUT2D eigenvalue weighted by atomic mass is 10.2. The molecule has 0 saturated heterocycles.